The number of hydrogen-bond acceptors (Lipinski definition) is 3. The highest BCUT2D eigenvalue weighted by Crippen LogP contribution is 2.25. The summed E-state index contributed by atoms with van der Waals surface area (Å²) < 4.78 is 6.75. The summed E-state index contributed by atoms with van der Waals surface area (Å²) >= 11 is 3.42. The molecule has 1 aliphatic heterocycles. The Kier molecular flexibility index (Phi) is 4.98. The average molecular weight is 375 g/mol. The Morgan fingerprint density at radius 2 is 1.78 bits per heavy atom. The van der Waals surface area contributed by atoms with Crippen LogP contribution >= 0.6 is 15.9 Å². The van der Waals surface area contributed by atoms with Gasteiger partial charge in [-0.1, -0.05) is 22.0 Å². The third kappa shape index (κ3) is 4.12. The predicted octanol–water partition coefficient (Wildman–Crippen LogP) is 3.80. The summed E-state index contributed by atoms with van der Waals surface area (Å²) in [5.41, 5.74) is 6.56. The maximum absolute atomic E-state index is 12.5. The maximum atomic E-state index is 12.5. The zero-order valence-corrected chi connectivity index (χ0v) is 14.3. The van der Waals surface area contributed by atoms with Crippen LogP contribution in [-0.4, -0.2) is 29.9 Å². The second kappa shape index (κ2) is 7.15. The quantitative estimate of drug-likeness (QED) is 0.888. The molecule has 0 saturated carbocycles. The molecule has 1 amide bonds. The van der Waals surface area contributed by atoms with Gasteiger partial charge in [-0.2, -0.15) is 0 Å². The lowest BCUT2D eigenvalue weighted by molar-refractivity contribution is 0.0715. The monoisotopic (exact) mass is 374 g/mol. The van der Waals surface area contributed by atoms with Gasteiger partial charge in [0.2, 0.25) is 0 Å². The summed E-state index contributed by atoms with van der Waals surface area (Å²) in [6, 6.07) is 15.1. The Balaban J connectivity index is 1.66. The van der Waals surface area contributed by atoms with Crippen LogP contribution in [0.2, 0.25) is 0 Å². The molecule has 0 unspecified atom stereocenters. The molecule has 4 nitrogen and oxygen atoms in total. The Labute approximate surface area is 144 Å². The number of likely N-dealkylation sites (tertiary alicyclic amines) is 1. The van der Waals surface area contributed by atoms with Crippen molar-refractivity contribution in [2.75, 3.05) is 13.1 Å². The number of carbonyl (C=O) groups excluding carboxylic acids is 1. The molecule has 0 bridgehead atoms. The second-order valence-electron chi connectivity index (χ2n) is 5.71. The fourth-order valence-electron chi connectivity index (χ4n) is 2.62. The molecule has 0 radical (unpaired) electrons. The van der Waals surface area contributed by atoms with E-state index in [4.69, 9.17) is 10.5 Å². The summed E-state index contributed by atoms with van der Waals surface area (Å²) in [6.07, 6.45) is 1.74. The minimum Gasteiger partial charge on any atom is -0.457 e. The third-order valence-corrected chi connectivity index (χ3v) is 4.45. The number of nitrogens with two attached hydrogens (primary N) is 1. The van der Waals surface area contributed by atoms with Gasteiger partial charge in [0.1, 0.15) is 11.5 Å². The minimum atomic E-state index is 0.0610. The Bertz CT molecular complexity index is 680. The van der Waals surface area contributed by atoms with E-state index in [1.807, 2.05) is 53.4 Å². The molecule has 0 atom stereocenters. The van der Waals surface area contributed by atoms with Crippen molar-refractivity contribution in [3.63, 3.8) is 0 Å². The number of piperidine rings is 1. The van der Waals surface area contributed by atoms with Gasteiger partial charge in [0.05, 0.1) is 0 Å². The molecule has 0 spiro atoms. The van der Waals surface area contributed by atoms with Crippen molar-refractivity contribution in [2.24, 2.45) is 5.73 Å². The van der Waals surface area contributed by atoms with Crippen molar-refractivity contribution in [3.8, 4) is 11.5 Å². The summed E-state index contributed by atoms with van der Waals surface area (Å²) in [5.74, 6) is 1.52. The van der Waals surface area contributed by atoms with Crippen LogP contribution in [0.4, 0.5) is 0 Å². The Hall–Kier alpha value is -1.85. The van der Waals surface area contributed by atoms with E-state index >= 15 is 0 Å². The van der Waals surface area contributed by atoms with Gasteiger partial charge in [-0.05, 0) is 55.3 Å². The standard InChI is InChI=1S/C18H19BrN2O2/c19-14-2-1-3-17(12-14)23-16-6-4-13(5-7-16)18(22)21-10-8-15(20)9-11-21/h1-7,12,15H,8-11,20H2. The van der Waals surface area contributed by atoms with Crippen LogP contribution in [0.15, 0.2) is 53.0 Å². The van der Waals surface area contributed by atoms with E-state index in [1.165, 1.54) is 0 Å². The number of nitrogens with zero attached hydrogens (tertiary/aromatic N) is 1. The van der Waals surface area contributed by atoms with Gasteiger partial charge in [-0.25, -0.2) is 0 Å². The molecule has 3 rings (SSSR count). The van der Waals surface area contributed by atoms with Gasteiger partial charge in [-0.15, -0.1) is 0 Å². The fraction of sp³-hybridized carbons (Fsp3) is 0.278. The van der Waals surface area contributed by atoms with Gasteiger partial charge >= 0.3 is 0 Å². The topological polar surface area (TPSA) is 55.6 Å². The minimum absolute atomic E-state index is 0.0610. The van der Waals surface area contributed by atoms with Crippen molar-refractivity contribution >= 4 is 21.8 Å². The first kappa shape index (κ1) is 16.0. The van der Waals surface area contributed by atoms with E-state index in [0.29, 0.717) is 11.3 Å². The van der Waals surface area contributed by atoms with E-state index in [0.717, 1.165) is 36.2 Å². The molecule has 120 valence electrons. The molecule has 5 heteroatoms. The van der Waals surface area contributed by atoms with Crippen molar-refractivity contribution < 1.29 is 9.53 Å². The molecule has 1 saturated heterocycles. The molecule has 0 aromatic heterocycles. The highest BCUT2D eigenvalue weighted by Gasteiger charge is 2.21. The van der Waals surface area contributed by atoms with Crippen LogP contribution in [0.3, 0.4) is 0 Å². The van der Waals surface area contributed by atoms with Crippen LogP contribution in [0.25, 0.3) is 0 Å². The van der Waals surface area contributed by atoms with E-state index in [9.17, 15) is 4.79 Å². The summed E-state index contributed by atoms with van der Waals surface area (Å²) in [5, 5.41) is 0. The van der Waals surface area contributed by atoms with Gasteiger partial charge < -0.3 is 15.4 Å². The maximum Gasteiger partial charge on any atom is 0.253 e. The number of carbonyl (C=O) groups is 1. The summed E-state index contributed by atoms with van der Waals surface area (Å²) in [7, 11) is 0. The lowest BCUT2D eigenvalue weighted by Gasteiger charge is -2.30. The number of rotatable bonds is 3. The van der Waals surface area contributed by atoms with Crippen LogP contribution in [-0.2, 0) is 0 Å². The third-order valence-electron chi connectivity index (χ3n) is 3.96. The number of amides is 1. The second-order valence-corrected chi connectivity index (χ2v) is 6.63. The van der Waals surface area contributed by atoms with E-state index < -0.39 is 0 Å². The zero-order chi connectivity index (χ0) is 16.2. The van der Waals surface area contributed by atoms with Gasteiger partial charge in [-0.3, -0.25) is 4.79 Å². The molecule has 0 aliphatic carbocycles. The predicted molar refractivity (Wildman–Crippen MR) is 93.8 cm³/mol. The highest BCUT2D eigenvalue weighted by atomic mass is 79.9. The summed E-state index contributed by atoms with van der Waals surface area (Å²) in [6.45, 7) is 1.46. The lowest BCUT2D eigenvalue weighted by Crippen LogP contribution is -2.42. The molecular weight excluding hydrogens is 356 g/mol. The van der Waals surface area contributed by atoms with Crippen molar-refractivity contribution in [3.05, 3.63) is 58.6 Å². The van der Waals surface area contributed by atoms with Crippen LogP contribution < -0.4 is 10.5 Å². The fourth-order valence-corrected chi connectivity index (χ4v) is 3.00. The molecular formula is C18H19BrN2O2. The van der Waals surface area contributed by atoms with Crippen molar-refractivity contribution in [1.82, 2.24) is 4.90 Å². The molecule has 2 aromatic carbocycles. The Morgan fingerprint density at radius 1 is 1.09 bits per heavy atom. The molecule has 23 heavy (non-hydrogen) atoms. The first-order valence-electron chi connectivity index (χ1n) is 7.70. The largest absolute Gasteiger partial charge is 0.457 e. The smallest absolute Gasteiger partial charge is 0.253 e. The van der Waals surface area contributed by atoms with Crippen molar-refractivity contribution in [1.29, 1.82) is 0 Å². The SMILES string of the molecule is NC1CCN(C(=O)c2ccc(Oc3cccc(Br)c3)cc2)CC1. The molecule has 1 aliphatic rings. The first-order valence-corrected chi connectivity index (χ1v) is 8.49. The van der Waals surface area contributed by atoms with E-state index in [1.54, 1.807) is 0 Å². The average Bonchev–Trinajstić information content (AvgIpc) is 2.56. The molecule has 2 N–H and O–H groups in total. The highest BCUT2D eigenvalue weighted by molar-refractivity contribution is 9.10. The van der Waals surface area contributed by atoms with Crippen LogP contribution in [0.1, 0.15) is 23.2 Å². The van der Waals surface area contributed by atoms with Gasteiger partial charge in [0.25, 0.3) is 5.91 Å². The first-order chi connectivity index (χ1) is 11.1. The zero-order valence-electron chi connectivity index (χ0n) is 12.7. The van der Waals surface area contributed by atoms with Crippen LogP contribution in [0.5, 0.6) is 11.5 Å². The Morgan fingerprint density at radius 3 is 2.43 bits per heavy atom. The number of hydrogen-bond donors (Lipinski definition) is 1. The van der Waals surface area contributed by atoms with E-state index in [-0.39, 0.29) is 11.9 Å². The normalized spacial score (nSPS) is 15.5. The summed E-state index contributed by atoms with van der Waals surface area (Å²) in [4.78, 5) is 14.3. The van der Waals surface area contributed by atoms with Crippen molar-refractivity contribution in [2.45, 2.75) is 18.9 Å². The number of ether oxygens (including phenoxy) is 1. The number of halogens is 1. The van der Waals surface area contributed by atoms with Gasteiger partial charge in [0.15, 0.2) is 0 Å². The van der Waals surface area contributed by atoms with Crippen LogP contribution in [0, 0.1) is 0 Å². The number of benzene rings is 2. The molecule has 2 aromatic rings. The molecule has 1 fully saturated rings. The van der Waals surface area contributed by atoms with Gasteiger partial charge in [0, 0.05) is 29.2 Å². The lowest BCUT2D eigenvalue weighted by atomic mass is 10.0. The van der Waals surface area contributed by atoms with E-state index in [2.05, 4.69) is 15.9 Å². The molecule has 1 heterocycles.